The van der Waals surface area contributed by atoms with Crippen molar-refractivity contribution in [2.45, 2.75) is 39.2 Å². The lowest BCUT2D eigenvalue weighted by Gasteiger charge is -2.27. The van der Waals surface area contributed by atoms with E-state index in [1.807, 2.05) is 45.3 Å². The number of ether oxygens (including phenoxy) is 1. The lowest BCUT2D eigenvalue weighted by molar-refractivity contribution is 0.0984. The first kappa shape index (κ1) is 23.5. The number of para-hydroxylation sites is 2. The van der Waals surface area contributed by atoms with E-state index >= 15 is 0 Å². The summed E-state index contributed by atoms with van der Waals surface area (Å²) in [7, 11) is 4.09. The molecule has 0 spiro atoms. The highest BCUT2D eigenvalue weighted by Gasteiger charge is 2.23. The molecule has 0 N–H and O–H groups in total. The standard InChI is InChI=1S/C23H30Cl2N2O2/c1-5-17(2)29-22-11-7-6-10-21(22)27(15-9-8-14-26(3)4)23(28)19-16-18(24)12-13-20(19)25/h6-7,10-13,16-17H,5,8-9,14-15H2,1-4H3. The van der Waals surface area contributed by atoms with Crippen molar-refractivity contribution in [2.24, 2.45) is 0 Å². The summed E-state index contributed by atoms with van der Waals surface area (Å²) in [5.41, 5.74) is 1.14. The summed E-state index contributed by atoms with van der Waals surface area (Å²) in [4.78, 5) is 17.4. The number of amides is 1. The van der Waals surface area contributed by atoms with E-state index in [1.54, 1.807) is 23.1 Å². The van der Waals surface area contributed by atoms with Crippen LogP contribution in [0.4, 0.5) is 5.69 Å². The summed E-state index contributed by atoms with van der Waals surface area (Å²) in [5, 5.41) is 0.868. The second kappa shape index (κ2) is 11.4. The van der Waals surface area contributed by atoms with Gasteiger partial charge in [-0.1, -0.05) is 42.3 Å². The Morgan fingerprint density at radius 3 is 2.45 bits per heavy atom. The number of carbonyl (C=O) groups excluding carboxylic acids is 1. The molecule has 0 bridgehead atoms. The number of unbranched alkanes of at least 4 members (excludes halogenated alkanes) is 1. The molecule has 1 atom stereocenters. The van der Waals surface area contributed by atoms with Crippen molar-refractivity contribution in [3.05, 3.63) is 58.1 Å². The highest BCUT2D eigenvalue weighted by molar-refractivity contribution is 6.36. The Morgan fingerprint density at radius 2 is 1.76 bits per heavy atom. The van der Waals surface area contributed by atoms with Crippen LogP contribution in [0.25, 0.3) is 0 Å². The van der Waals surface area contributed by atoms with E-state index in [-0.39, 0.29) is 12.0 Å². The van der Waals surface area contributed by atoms with Crippen LogP contribution in [0.1, 0.15) is 43.5 Å². The van der Waals surface area contributed by atoms with Gasteiger partial charge in [0.1, 0.15) is 5.75 Å². The highest BCUT2D eigenvalue weighted by Crippen LogP contribution is 2.32. The fourth-order valence-electron chi connectivity index (χ4n) is 2.92. The van der Waals surface area contributed by atoms with Crippen LogP contribution in [0.15, 0.2) is 42.5 Å². The quantitative estimate of drug-likeness (QED) is 0.418. The van der Waals surface area contributed by atoms with Crippen molar-refractivity contribution in [1.82, 2.24) is 4.90 Å². The van der Waals surface area contributed by atoms with Gasteiger partial charge in [0.25, 0.3) is 5.91 Å². The Morgan fingerprint density at radius 1 is 1.07 bits per heavy atom. The van der Waals surface area contributed by atoms with Gasteiger partial charge in [-0.25, -0.2) is 0 Å². The van der Waals surface area contributed by atoms with Crippen molar-refractivity contribution in [3.63, 3.8) is 0 Å². The third-order valence-corrected chi connectivity index (χ3v) is 5.26. The average Bonchev–Trinajstić information content (AvgIpc) is 2.70. The molecule has 158 valence electrons. The summed E-state index contributed by atoms with van der Waals surface area (Å²) in [6.45, 7) is 5.62. The summed E-state index contributed by atoms with van der Waals surface area (Å²) in [6.07, 6.45) is 2.77. The number of halogens is 2. The molecule has 1 unspecified atom stereocenters. The maximum Gasteiger partial charge on any atom is 0.259 e. The first-order chi connectivity index (χ1) is 13.8. The minimum absolute atomic E-state index is 0.0524. The minimum atomic E-state index is -0.178. The fourth-order valence-corrected chi connectivity index (χ4v) is 3.29. The van der Waals surface area contributed by atoms with Gasteiger partial charge >= 0.3 is 0 Å². The number of hydrogen-bond donors (Lipinski definition) is 0. The molecule has 0 aliphatic rings. The van der Waals surface area contributed by atoms with Gasteiger partial charge < -0.3 is 14.5 Å². The Bertz CT molecular complexity index is 811. The Hall–Kier alpha value is -1.75. The van der Waals surface area contributed by atoms with Gasteiger partial charge in [-0.05, 0) is 77.2 Å². The lowest BCUT2D eigenvalue weighted by atomic mass is 10.1. The molecule has 0 heterocycles. The third kappa shape index (κ3) is 6.91. The molecule has 29 heavy (non-hydrogen) atoms. The van der Waals surface area contributed by atoms with Crippen molar-refractivity contribution >= 4 is 34.8 Å². The van der Waals surface area contributed by atoms with Crippen molar-refractivity contribution in [3.8, 4) is 5.75 Å². The van der Waals surface area contributed by atoms with Crippen LogP contribution in [-0.4, -0.2) is 44.1 Å². The number of anilines is 1. The second-order valence-electron chi connectivity index (χ2n) is 7.40. The minimum Gasteiger partial charge on any atom is -0.489 e. The largest absolute Gasteiger partial charge is 0.489 e. The van der Waals surface area contributed by atoms with E-state index in [1.165, 1.54) is 0 Å². The molecule has 0 aliphatic carbocycles. The van der Waals surface area contributed by atoms with E-state index in [0.717, 1.165) is 31.5 Å². The van der Waals surface area contributed by atoms with Crippen molar-refractivity contribution in [1.29, 1.82) is 0 Å². The topological polar surface area (TPSA) is 32.8 Å². The van der Waals surface area contributed by atoms with Gasteiger partial charge in [-0.2, -0.15) is 0 Å². The fraction of sp³-hybridized carbons (Fsp3) is 0.435. The van der Waals surface area contributed by atoms with E-state index < -0.39 is 0 Å². The third-order valence-electron chi connectivity index (χ3n) is 4.70. The average molecular weight is 437 g/mol. The van der Waals surface area contributed by atoms with Gasteiger partial charge in [0.05, 0.1) is 22.4 Å². The number of benzene rings is 2. The summed E-state index contributed by atoms with van der Waals surface area (Å²) < 4.78 is 6.10. The normalized spacial score (nSPS) is 12.1. The van der Waals surface area contributed by atoms with E-state index in [0.29, 0.717) is 27.9 Å². The SMILES string of the molecule is CCC(C)Oc1ccccc1N(CCCCN(C)C)C(=O)c1cc(Cl)ccc1Cl. The predicted molar refractivity (Wildman–Crippen MR) is 123 cm³/mol. The summed E-state index contributed by atoms with van der Waals surface area (Å²) >= 11 is 12.5. The maximum absolute atomic E-state index is 13.5. The Balaban J connectivity index is 2.37. The van der Waals surface area contributed by atoms with Gasteiger partial charge in [0, 0.05) is 11.6 Å². The number of hydrogen-bond acceptors (Lipinski definition) is 3. The van der Waals surface area contributed by atoms with Crippen LogP contribution in [0.5, 0.6) is 5.75 Å². The molecular weight excluding hydrogens is 407 g/mol. The smallest absolute Gasteiger partial charge is 0.259 e. The van der Waals surface area contributed by atoms with Crippen LogP contribution >= 0.6 is 23.2 Å². The molecule has 0 saturated carbocycles. The van der Waals surface area contributed by atoms with Gasteiger partial charge in [-0.15, -0.1) is 0 Å². The second-order valence-corrected chi connectivity index (χ2v) is 8.24. The molecule has 2 rings (SSSR count). The first-order valence-corrected chi connectivity index (χ1v) is 10.8. The Kier molecular flexibility index (Phi) is 9.28. The number of carbonyl (C=O) groups is 1. The zero-order chi connectivity index (χ0) is 21.4. The van der Waals surface area contributed by atoms with Crippen LogP contribution in [0, 0.1) is 0 Å². The molecule has 0 saturated heterocycles. The first-order valence-electron chi connectivity index (χ1n) is 10.0. The van der Waals surface area contributed by atoms with Gasteiger partial charge in [0.15, 0.2) is 0 Å². The number of rotatable bonds is 10. The van der Waals surface area contributed by atoms with Gasteiger partial charge in [-0.3, -0.25) is 4.79 Å². The Labute approximate surface area is 184 Å². The lowest BCUT2D eigenvalue weighted by Crippen LogP contribution is -2.33. The molecule has 2 aromatic rings. The summed E-state index contributed by atoms with van der Waals surface area (Å²) in [6, 6.07) is 12.6. The molecule has 2 aromatic carbocycles. The number of nitrogens with zero attached hydrogens (tertiary/aromatic N) is 2. The van der Waals surface area contributed by atoms with Crippen LogP contribution in [-0.2, 0) is 0 Å². The summed E-state index contributed by atoms with van der Waals surface area (Å²) in [5.74, 6) is 0.517. The zero-order valence-electron chi connectivity index (χ0n) is 17.6. The predicted octanol–water partition coefficient (Wildman–Crippen LogP) is 6.16. The maximum atomic E-state index is 13.5. The highest BCUT2D eigenvalue weighted by atomic mass is 35.5. The molecule has 1 amide bonds. The molecular formula is C23H30Cl2N2O2. The molecule has 6 heteroatoms. The van der Waals surface area contributed by atoms with Crippen molar-refractivity contribution in [2.75, 3.05) is 32.1 Å². The van der Waals surface area contributed by atoms with E-state index in [2.05, 4.69) is 11.8 Å². The van der Waals surface area contributed by atoms with Gasteiger partial charge in [0.2, 0.25) is 0 Å². The molecule has 0 fully saturated rings. The molecule has 0 aromatic heterocycles. The molecule has 4 nitrogen and oxygen atoms in total. The van der Waals surface area contributed by atoms with E-state index in [9.17, 15) is 4.79 Å². The molecule has 0 radical (unpaired) electrons. The van der Waals surface area contributed by atoms with E-state index in [4.69, 9.17) is 27.9 Å². The molecule has 0 aliphatic heterocycles. The van der Waals surface area contributed by atoms with Crippen molar-refractivity contribution < 1.29 is 9.53 Å². The van der Waals surface area contributed by atoms with Crippen LogP contribution in [0.3, 0.4) is 0 Å². The van der Waals surface area contributed by atoms with Crippen LogP contribution < -0.4 is 9.64 Å². The zero-order valence-corrected chi connectivity index (χ0v) is 19.1. The van der Waals surface area contributed by atoms with Crippen LogP contribution in [0.2, 0.25) is 10.0 Å². The monoisotopic (exact) mass is 436 g/mol.